The summed E-state index contributed by atoms with van der Waals surface area (Å²) in [5.41, 5.74) is 7.23. The Labute approximate surface area is 114 Å². The molecule has 0 aliphatic carbocycles. The van der Waals surface area contributed by atoms with Gasteiger partial charge in [-0.2, -0.15) is 0 Å². The number of unbranched alkanes of at least 4 members (excludes halogenated alkanes) is 1. The molecule has 1 aromatic carbocycles. The van der Waals surface area contributed by atoms with E-state index in [9.17, 15) is 4.79 Å². The van der Waals surface area contributed by atoms with Crippen molar-refractivity contribution < 1.29 is 9.53 Å². The topological polar surface area (TPSA) is 55.6 Å². The molecule has 0 bridgehead atoms. The van der Waals surface area contributed by atoms with Crippen molar-refractivity contribution in [2.45, 2.75) is 38.3 Å². The lowest BCUT2D eigenvalue weighted by molar-refractivity contribution is -0.129. The molecule has 2 N–H and O–H groups in total. The number of hydrogen-bond donors (Lipinski definition) is 1. The van der Waals surface area contributed by atoms with Crippen molar-refractivity contribution in [2.75, 3.05) is 13.7 Å². The first-order chi connectivity index (χ1) is 9.17. The summed E-state index contributed by atoms with van der Waals surface area (Å²) in [6, 6.07) is 7.73. The van der Waals surface area contributed by atoms with Crippen molar-refractivity contribution in [3.05, 3.63) is 29.8 Å². The van der Waals surface area contributed by atoms with Gasteiger partial charge < -0.3 is 15.4 Å². The molecule has 1 amide bonds. The highest BCUT2D eigenvalue weighted by molar-refractivity contribution is 5.80. The van der Waals surface area contributed by atoms with Gasteiger partial charge in [0, 0.05) is 19.0 Å². The summed E-state index contributed by atoms with van der Waals surface area (Å²) in [5.74, 6) is 0.989. The minimum atomic E-state index is -0.113. The summed E-state index contributed by atoms with van der Waals surface area (Å²) < 4.78 is 5.16. The standard InChI is InChI=1S/C15H22N2O2/c1-3-4-9-17-14(18)10-13(16)15(17)11-5-7-12(19-2)8-6-11/h5-8,13,15H,3-4,9-10,16H2,1-2H3. The second-order valence-electron chi connectivity index (χ2n) is 5.03. The van der Waals surface area contributed by atoms with E-state index in [1.807, 2.05) is 29.2 Å². The van der Waals surface area contributed by atoms with Crippen molar-refractivity contribution in [1.82, 2.24) is 4.90 Å². The van der Waals surface area contributed by atoms with Crippen molar-refractivity contribution in [1.29, 1.82) is 0 Å². The monoisotopic (exact) mass is 262 g/mol. The van der Waals surface area contributed by atoms with Crippen LogP contribution in [0.3, 0.4) is 0 Å². The highest BCUT2D eigenvalue weighted by Gasteiger charge is 2.37. The molecular formula is C15H22N2O2. The van der Waals surface area contributed by atoms with Gasteiger partial charge in [0.05, 0.1) is 13.2 Å². The molecule has 2 atom stereocenters. The molecule has 0 saturated carbocycles. The first-order valence-corrected chi connectivity index (χ1v) is 6.86. The van der Waals surface area contributed by atoms with E-state index in [-0.39, 0.29) is 18.0 Å². The van der Waals surface area contributed by atoms with Crippen LogP contribution in [0.2, 0.25) is 0 Å². The van der Waals surface area contributed by atoms with Crippen LogP contribution in [0.4, 0.5) is 0 Å². The summed E-state index contributed by atoms with van der Waals surface area (Å²) in [7, 11) is 1.65. The van der Waals surface area contributed by atoms with Gasteiger partial charge in [0.15, 0.2) is 0 Å². The van der Waals surface area contributed by atoms with Crippen molar-refractivity contribution in [2.24, 2.45) is 5.73 Å². The Morgan fingerprint density at radius 3 is 2.63 bits per heavy atom. The van der Waals surface area contributed by atoms with Crippen LogP contribution in [-0.4, -0.2) is 30.5 Å². The second kappa shape index (κ2) is 6.06. The first-order valence-electron chi connectivity index (χ1n) is 6.86. The van der Waals surface area contributed by atoms with E-state index in [4.69, 9.17) is 10.5 Å². The molecule has 2 rings (SSSR count). The molecule has 1 aliphatic heterocycles. The van der Waals surface area contributed by atoms with E-state index < -0.39 is 0 Å². The molecule has 0 radical (unpaired) electrons. The number of rotatable bonds is 5. The Kier molecular flexibility index (Phi) is 4.43. The van der Waals surface area contributed by atoms with Gasteiger partial charge in [0.25, 0.3) is 0 Å². The zero-order valence-electron chi connectivity index (χ0n) is 11.6. The Morgan fingerprint density at radius 2 is 2.05 bits per heavy atom. The van der Waals surface area contributed by atoms with Gasteiger partial charge in [-0.3, -0.25) is 4.79 Å². The molecule has 1 saturated heterocycles. The van der Waals surface area contributed by atoms with Crippen LogP contribution in [0.15, 0.2) is 24.3 Å². The average molecular weight is 262 g/mol. The molecular weight excluding hydrogens is 240 g/mol. The SMILES string of the molecule is CCCCN1C(=O)CC(N)C1c1ccc(OC)cc1. The molecule has 1 aliphatic rings. The number of likely N-dealkylation sites (tertiary alicyclic amines) is 1. The van der Waals surface area contributed by atoms with Crippen LogP contribution in [0.5, 0.6) is 5.75 Å². The van der Waals surface area contributed by atoms with E-state index in [2.05, 4.69) is 6.92 Å². The van der Waals surface area contributed by atoms with Crippen LogP contribution in [0.25, 0.3) is 0 Å². The molecule has 2 unspecified atom stereocenters. The minimum absolute atomic E-state index is 0.00459. The number of carbonyl (C=O) groups excluding carboxylic acids is 1. The molecule has 1 heterocycles. The fraction of sp³-hybridized carbons (Fsp3) is 0.533. The molecule has 19 heavy (non-hydrogen) atoms. The maximum atomic E-state index is 12.0. The zero-order chi connectivity index (χ0) is 13.8. The lowest BCUT2D eigenvalue weighted by Crippen LogP contribution is -2.33. The maximum absolute atomic E-state index is 12.0. The van der Waals surface area contributed by atoms with Gasteiger partial charge in [-0.1, -0.05) is 25.5 Å². The van der Waals surface area contributed by atoms with Crippen LogP contribution < -0.4 is 10.5 Å². The molecule has 0 spiro atoms. The van der Waals surface area contributed by atoms with Gasteiger partial charge in [0.2, 0.25) is 5.91 Å². The first kappa shape index (κ1) is 13.9. The van der Waals surface area contributed by atoms with Gasteiger partial charge in [-0.05, 0) is 24.1 Å². The third kappa shape index (κ3) is 2.89. The van der Waals surface area contributed by atoms with Crippen LogP contribution in [0.1, 0.15) is 37.8 Å². The number of benzene rings is 1. The predicted octanol–water partition coefficient (Wildman–Crippen LogP) is 2.10. The third-order valence-corrected chi connectivity index (χ3v) is 3.68. The molecule has 1 aromatic rings. The smallest absolute Gasteiger partial charge is 0.224 e. The summed E-state index contributed by atoms with van der Waals surface area (Å²) in [5, 5.41) is 0. The fourth-order valence-electron chi connectivity index (χ4n) is 2.64. The highest BCUT2D eigenvalue weighted by atomic mass is 16.5. The van der Waals surface area contributed by atoms with Gasteiger partial charge >= 0.3 is 0 Å². The van der Waals surface area contributed by atoms with E-state index >= 15 is 0 Å². The second-order valence-corrected chi connectivity index (χ2v) is 5.03. The lowest BCUT2D eigenvalue weighted by atomic mass is 10.0. The Bertz CT molecular complexity index is 430. The van der Waals surface area contributed by atoms with E-state index in [0.717, 1.165) is 30.7 Å². The number of methoxy groups -OCH3 is 1. The summed E-state index contributed by atoms with van der Waals surface area (Å²) in [4.78, 5) is 13.9. The maximum Gasteiger partial charge on any atom is 0.224 e. The number of ether oxygens (including phenoxy) is 1. The summed E-state index contributed by atoms with van der Waals surface area (Å²) in [6.07, 6.45) is 2.54. The lowest BCUT2D eigenvalue weighted by Gasteiger charge is -2.27. The van der Waals surface area contributed by atoms with Crippen LogP contribution in [-0.2, 0) is 4.79 Å². The molecule has 1 fully saturated rings. The molecule has 104 valence electrons. The quantitative estimate of drug-likeness (QED) is 0.884. The number of nitrogens with zero attached hydrogens (tertiary/aromatic N) is 1. The third-order valence-electron chi connectivity index (χ3n) is 3.68. The van der Waals surface area contributed by atoms with E-state index in [0.29, 0.717) is 6.42 Å². The molecule has 0 aromatic heterocycles. The Balaban J connectivity index is 2.20. The molecule has 4 nitrogen and oxygen atoms in total. The van der Waals surface area contributed by atoms with Crippen LogP contribution in [0, 0.1) is 0 Å². The number of amides is 1. The fourth-order valence-corrected chi connectivity index (χ4v) is 2.64. The number of carbonyl (C=O) groups is 1. The highest BCUT2D eigenvalue weighted by Crippen LogP contribution is 2.33. The summed E-state index contributed by atoms with van der Waals surface area (Å²) >= 11 is 0. The normalized spacial score (nSPS) is 22.9. The zero-order valence-corrected chi connectivity index (χ0v) is 11.6. The van der Waals surface area contributed by atoms with E-state index in [1.165, 1.54) is 0 Å². The predicted molar refractivity (Wildman–Crippen MR) is 74.9 cm³/mol. The average Bonchev–Trinajstić information content (AvgIpc) is 2.71. The number of nitrogens with two attached hydrogens (primary N) is 1. The van der Waals surface area contributed by atoms with E-state index in [1.54, 1.807) is 7.11 Å². The largest absolute Gasteiger partial charge is 0.497 e. The van der Waals surface area contributed by atoms with Crippen molar-refractivity contribution in [3.8, 4) is 5.75 Å². The van der Waals surface area contributed by atoms with Gasteiger partial charge in [0.1, 0.15) is 5.75 Å². The van der Waals surface area contributed by atoms with Crippen molar-refractivity contribution in [3.63, 3.8) is 0 Å². The Hall–Kier alpha value is -1.55. The Morgan fingerprint density at radius 1 is 1.37 bits per heavy atom. The van der Waals surface area contributed by atoms with Crippen LogP contribution >= 0.6 is 0 Å². The minimum Gasteiger partial charge on any atom is -0.497 e. The van der Waals surface area contributed by atoms with Gasteiger partial charge in [-0.15, -0.1) is 0 Å². The number of hydrogen-bond acceptors (Lipinski definition) is 3. The van der Waals surface area contributed by atoms with Gasteiger partial charge in [-0.25, -0.2) is 0 Å². The molecule has 4 heteroatoms. The van der Waals surface area contributed by atoms with Crippen molar-refractivity contribution >= 4 is 5.91 Å². The summed E-state index contributed by atoms with van der Waals surface area (Å²) in [6.45, 7) is 2.92.